The number of hydrogen-bond donors (Lipinski definition) is 1. The Morgan fingerprint density at radius 2 is 2.26 bits per heavy atom. The van der Waals surface area contributed by atoms with Gasteiger partial charge in [0.2, 0.25) is 0 Å². The summed E-state index contributed by atoms with van der Waals surface area (Å²) in [6.07, 6.45) is 1.23. The first-order chi connectivity index (χ1) is 11.1. The van der Waals surface area contributed by atoms with Crippen LogP contribution in [0, 0.1) is 11.7 Å². The zero-order valence-corrected chi connectivity index (χ0v) is 14.6. The van der Waals surface area contributed by atoms with Gasteiger partial charge >= 0.3 is 0 Å². The van der Waals surface area contributed by atoms with E-state index in [1.54, 1.807) is 12.1 Å². The fourth-order valence-electron chi connectivity index (χ4n) is 3.02. The lowest BCUT2D eigenvalue weighted by Gasteiger charge is -2.23. The Hall–Kier alpha value is -1.62. The van der Waals surface area contributed by atoms with Gasteiger partial charge in [-0.25, -0.2) is 4.39 Å². The zero-order valence-electron chi connectivity index (χ0n) is 14.6. The molecule has 1 atom stereocenters. The first-order valence-corrected chi connectivity index (χ1v) is 8.58. The first kappa shape index (κ1) is 17.7. The smallest absolute Gasteiger partial charge is 0.193 e. The largest absolute Gasteiger partial charge is 0.357 e. The highest BCUT2D eigenvalue weighted by Crippen LogP contribution is 2.16. The molecule has 4 nitrogen and oxygen atoms in total. The van der Waals surface area contributed by atoms with Gasteiger partial charge in [-0.2, -0.15) is 0 Å². The molecular weight excluding hydrogens is 291 g/mol. The third kappa shape index (κ3) is 5.50. The van der Waals surface area contributed by atoms with E-state index in [0.29, 0.717) is 12.5 Å². The highest BCUT2D eigenvalue weighted by molar-refractivity contribution is 5.79. The Morgan fingerprint density at radius 3 is 2.91 bits per heavy atom. The quantitative estimate of drug-likeness (QED) is 0.645. The van der Waals surface area contributed by atoms with E-state index in [2.05, 4.69) is 29.0 Å². The van der Waals surface area contributed by atoms with Crippen LogP contribution in [0.15, 0.2) is 29.3 Å². The summed E-state index contributed by atoms with van der Waals surface area (Å²) in [5.41, 5.74) is 0.955. The van der Waals surface area contributed by atoms with Crippen LogP contribution in [0.5, 0.6) is 0 Å². The summed E-state index contributed by atoms with van der Waals surface area (Å²) in [6.45, 7) is 10.1. The Kier molecular flexibility index (Phi) is 6.84. The second kappa shape index (κ2) is 8.87. The van der Waals surface area contributed by atoms with Gasteiger partial charge in [0.25, 0.3) is 0 Å². The van der Waals surface area contributed by atoms with Gasteiger partial charge in [-0.05, 0) is 50.0 Å². The van der Waals surface area contributed by atoms with E-state index >= 15 is 0 Å². The molecule has 1 unspecified atom stereocenters. The van der Waals surface area contributed by atoms with Gasteiger partial charge < -0.3 is 15.1 Å². The first-order valence-electron chi connectivity index (χ1n) is 8.58. The number of nitrogens with zero attached hydrogens (tertiary/aromatic N) is 3. The molecule has 0 saturated carbocycles. The van der Waals surface area contributed by atoms with Gasteiger partial charge in [-0.1, -0.05) is 19.1 Å². The molecule has 0 bridgehead atoms. The number of likely N-dealkylation sites (tertiary alicyclic amines) is 1. The molecule has 0 radical (unpaired) electrons. The van der Waals surface area contributed by atoms with Crippen LogP contribution in [0.3, 0.4) is 0 Å². The number of rotatable bonds is 6. The summed E-state index contributed by atoms with van der Waals surface area (Å²) in [4.78, 5) is 9.33. The summed E-state index contributed by atoms with van der Waals surface area (Å²) in [5, 5.41) is 3.33. The van der Waals surface area contributed by atoms with Crippen molar-refractivity contribution in [2.75, 3.05) is 39.8 Å². The molecule has 1 fully saturated rings. The van der Waals surface area contributed by atoms with Crippen LogP contribution < -0.4 is 5.32 Å². The lowest BCUT2D eigenvalue weighted by Crippen LogP contribution is -2.39. The molecule has 0 spiro atoms. The average molecular weight is 320 g/mol. The van der Waals surface area contributed by atoms with E-state index in [4.69, 9.17) is 4.99 Å². The second-order valence-electron chi connectivity index (χ2n) is 6.23. The van der Waals surface area contributed by atoms with Crippen molar-refractivity contribution in [3.8, 4) is 0 Å². The SMILES string of the molecule is CCNC(=NCC1CCN(CC)C1)N(C)Cc1cccc(F)c1. The molecule has 0 amide bonds. The molecule has 1 aromatic carbocycles. The minimum absolute atomic E-state index is 0.191. The number of halogens is 1. The third-order valence-corrected chi connectivity index (χ3v) is 4.32. The summed E-state index contributed by atoms with van der Waals surface area (Å²) in [5.74, 6) is 1.35. The predicted molar refractivity (Wildman–Crippen MR) is 94.1 cm³/mol. The van der Waals surface area contributed by atoms with Gasteiger partial charge in [-0.15, -0.1) is 0 Å². The van der Waals surface area contributed by atoms with Gasteiger partial charge in [0.1, 0.15) is 5.82 Å². The monoisotopic (exact) mass is 320 g/mol. The van der Waals surface area contributed by atoms with Crippen molar-refractivity contribution < 1.29 is 4.39 Å². The van der Waals surface area contributed by atoms with E-state index in [-0.39, 0.29) is 5.82 Å². The number of nitrogens with one attached hydrogen (secondary N) is 1. The maximum Gasteiger partial charge on any atom is 0.193 e. The number of benzene rings is 1. The Bertz CT molecular complexity index is 517. The molecule has 1 aliphatic heterocycles. The van der Waals surface area contributed by atoms with Crippen LogP contribution in [-0.2, 0) is 6.54 Å². The molecule has 1 N–H and O–H groups in total. The van der Waals surface area contributed by atoms with Crippen molar-refractivity contribution >= 4 is 5.96 Å². The molecule has 1 saturated heterocycles. The lowest BCUT2D eigenvalue weighted by molar-refractivity contribution is 0.343. The fourth-order valence-corrected chi connectivity index (χ4v) is 3.02. The van der Waals surface area contributed by atoms with Gasteiger partial charge in [0.05, 0.1) is 0 Å². The van der Waals surface area contributed by atoms with Crippen LogP contribution in [0.1, 0.15) is 25.8 Å². The third-order valence-electron chi connectivity index (χ3n) is 4.32. The molecule has 5 heteroatoms. The van der Waals surface area contributed by atoms with Gasteiger partial charge in [0.15, 0.2) is 5.96 Å². The minimum Gasteiger partial charge on any atom is -0.357 e. The van der Waals surface area contributed by atoms with Crippen molar-refractivity contribution in [3.05, 3.63) is 35.6 Å². The number of guanidine groups is 1. The van der Waals surface area contributed by atoms with Crippen molar-refractivity contribution in [2.45, 2.75) is 26.8 Å². The Morgan fingerprint density at radius 1 is 1.43 bits per heavy atom. The minimum atomic E-state index is -0.191. The van der Waals surface area contributed by atoms with E-state index in [1.807, 2.05) is 13.1 Å². The van der Waals surface area contributed by atoms with Crippen molar-refractivity contribution in [1.29, 1.82) is 0 Å². The normalized spacial score (nSPS) is 19.1. The maximum atomic E-state index is 13.3. The summed E-state index contributed by atoms with van der Waals surface area (Å²) < 4.78 is 13.3. The van der Waals surface area contributed by atoms with Crippen LogP contribution in [0.4, 0.5) is 4.39 Å². The van der Waals surface area contributed by atoms with E-state index in [9.17, 15) is 4.39 Å². The van der Waals surface area contributed by atoms with Crippen LogP contribution in [0.2, 0.25) is 0 Å². The summed E-state index contributed by atoms with van der Waals surface area (Å²) in [7, 11) is 2.00. The van der Waals surface area contributed by atoms with E-state index in [1.165, 1.54) is 19.0 Å². The lowest BCUT2D eigenvalue weighted by atomic mass is 10.1. The summed E-state index contributed by atoms with van der Waals surface area (Å²) in [6, 6.07) is 6.75. The van der Waals surface area contributed by atoms with E-state index < -0.39 is 0 Å². The van der Waals surface area contributed by atoms with Crippen LogP contribution >= 0.6 is 0 Å². The molecule has 0 aromatic heterocycles. The number of hydrogen-bond acceptors (Lipinski definition) is 2. The van der Waals surface area contributed by atoms with Crippen LogP contribution in [-0.4, -0.2) is 55.5 Å². The molecule has 1 heterocycles. The standard InChI is InChI=1S/C18H29FN4/c1-4-20-18(21-12-16-9-10-23(5-2)14-16)22(3)13-15-7-6-8-17(19)11-15/h6-8,11,16H,4-5,9-10,12-14H2,1-3H3,(H,20,21). The molecule has 23 heavy (non-hydrogen) atoms. The second-order valence-corrected chi connectivity index (χ2v) is 6.23. The topological polar surface area (TPSA) is 30.9 Å². The van der Waals surface area contributed by atoms with Crippen molar-refractivity contribution in [1.82, 2.24) is 15.1 Å². The molecule has 1 aromatic rings. The Balaban J connectivity index is 1.94. The molecule has 128 valence electrons. The van der Waals surface area contributed by atoms with Gasteiger partial charge in [0, 0.05) is 33.2 Å². The molecule has 0 aliphatic carbocycles. The fraction of sp³-hybridized carbons (Fsp3) is 0.611. The molecule has 2 rings (SSSR count). The maximum absolute atomic E-state index is 13.3. The highest BCUT2D eigenvalue weighted by atomic mass is 19.1. The predicted octanol–water partition coefficient (Wildman–Crippen LogP) is 2.56. The molecule has 1 aliphatic rings. The van der Waals surface area contributed by atoms with Crippen molar-refractivity contribution in [2.24, 2.45) is 10.9 Å². The Labute approximate surface area is 139 Å². The average Bonchev–Trinajstić information content (AvgIpc) is 2.99. The molecular formula is C18H29FN4. The van der Waals surface area contributed by atoms with Crippen LogP contribution in [0.25, 0.3) is 0 Å². The zero-order chi connectivity index (χ0) is 16.7. The highest BCUT2D eigenvalue weighted by Gasteiger charge is 2.21. The van der Waals surface area contributed by atoms with Crippen molar-refractivity contribution in [3.63, 3.8) is 0 Å². The number of aliphatic imine (C=N–C) groups is 1. The van der Waals surface area contributed by atoms with Gasteiger partial charge in [-0.3, -0.25) is 4.99 Å². The van der Waals surface area contributed by atoms with E-state index in [0.717, 1.165) is 37.7 Å². The summed E-state index contributed by atoms with van der Waals surface area (Å²) >= 11 is 0.